The summed E-state index contributed by atoms with van der Waals surface area (Å²) in [6.07, 6.45) is 6.17. The topological polar surface area (TPSA) is 94.7 Å². The predicted octanol–water partition coefficient (Wildman–Crippen LogP) is 2.58. The Morgan fingerprint density at radius 3 is 2.61 bits per heavy atom. The lowest BCUT2D eigenvalue weighted by Gasteiger charge is -2.32. The highest BCUT2D eigenvalue weighted by Gasteiger charge is 2.28. The van der Waals surface area contributed by atoms with E-state index in [1.54, 1.807) is 6.92 Å². The number of H-pyrrole nitrogens is 1. The number of amides is 2. The van der Waals surface area contributed by atoms with Gasteiger partial charge in [0, 0.05) is 31.7 Å². The number of esters is 1. The van der Waals surface area contributed by atoms with Gasteiger partial charge in [-0.05, 0) is 90.1 Å². The summed E-state index contributed by atoms with van der Waals surface area (Å²) >= 11 is 0. The van der Waals surface area contributed by atoms with Gasteiger partial charge >= 0.3 is 5.97 Å². The number of hydrogen-bond donors (Lipinski definition) is 2. The van der Waals surface area contributed by atoms with Crippen LogP contribution in [-0.4, -0.2) is 78.4 Å². The van der Waals surface area contributed by atoms with E-state index in [0.29, 0.717) is 44.8 Å². The zero-order valence-electron chi connectivity index (χ0n) is 20.5. The van der Waals surface area contributed by atoms with Crippen molar-refractivity contribution >= 4 is 17.8 Å². The van der Waals surface area contributed by atoms with Gasteiger partial charge in [-0.25, -0.2) is 4.79 Å². The molecule has 2 amide bonds. The van der Waals surface area contributed by atoms with E-state index in [4.69, 9.17) is 4.74 Å². The van der Waals surface area contributed by atoms with Crippen LogP contribution in [0.15, 0.2) is 0 Å². The minimum Gasteiger partial charge on any atom is -0.461 e. The highest BCUT2D eigenvalue weighted by Crippen LogP contribution is 2.22. The molecular formula is C25H40N4O4. The van der Waals surface area contributed by atoms with Crippen LogP contribution >= 0.6 is 0 Å². The molecule has 184 valence electrons. The minimum atomic E-state index is -0.360. The fourth-order valence-corrected chi connectivity index (χ4v) is 5.04. The number of carbonyl (C=O) groups is 3. The van der Waals surface area contributed by atoms with Gasteiger partial charge in [-0.15, -0.1) is 0 Å². The maximum Gasteiger partial charge on any atom is 0.355 e. The van der Waals surface area contributed by atoms with E-state index >= 15 is 0 Å². The van der Waals surface area contributed by atoms with Crippen molar-refractivity contribution in [3.05, 3.63) is 22.5 Å². The molecular weight excluding hydrogens is 420 g/mol. The Bertz CT molecular complexity index is 829. The van der Waals surface area contributed by atoms with Crippen LogP contribution in [0.1, 0.15) is 72.8 Å². The fraction of sp³-hybridized carbons (Fsp3) is 0.720. The first kappa shape index (κ1) is 25.3. The van der Waals surface area contributed by atoms with Gasteiger partial charge in [-0.3, -0.25) is 9.59 Å². The Kier molecular flexibility index (Phi) is 9.35. The molecule has 2 aliphatic heterocycles. The standard InChI is InChI=1S/C25H40N4O4/c1-4-33-25(32)23-18(2)21(19(3)27-23)10-11-22(30)29-16-7-9-20(17-29)24(31)26-12-8-15-28-13-5-6-14-28/h20,27H,4-17H2,1-3H3,(H,26,31)/t20-/m0/s1. The van der Waals surface area contributed by atoms with Crippen LogP contribution < -0.4 is 5.32 Å². The van der Waals surface area contributed by atoms with Crippen LogP contribution in [-0.2, 0) is 20.7 Å². The minimum absolute atomic E-state index is 0.0687. The second kappa shape index (κ2) is 12.2. The molecule has 2 aliphatic rings. The Balaban J connectivity index is 1.44. The Morgan fingerprint density at radius 1 is 1.12 bits per heavy atom. The number of carbonyl (C=O) groups excluding carboxylic acids is 3. The molecule has 3 rings (SSSR count). The normalized spacial score (nSPS) is 19.0. The first-order valence-electron chi connectivity index (χ1n) is 12.5. The van der Waals surface area contributed by atoms with Crippen molar-refractivity contribution in [2.24, 2.45) is 5.92 Å². The predicted molar refractivity (Wildman–Crippen MR) is 127 cm³/mol. The number of ether oxygens (including phenoxy) is 1. The lowest BCUT2D eigenvalue weighted by molar-refractivity contribution is -0.135. The smallest absolute Gasteiger partial charge is 0.355 e. The van der Waals surface area contributed by atoms with Crippen molar-refractivity contribution in [1.29, 1.82) is 0 Å². The molecule has 0 radical (unpaired) electrons. The van der Waals surface area contributed by atoms with Gasteiger partial charge in [0.25, 0.3) is 0 Å². The summed E-state index contributed by atoms with van der Waals surface area (Å²) in [7, 11) is 0. The van der Waals surface area contributed by atoms with Crippen LogP contribution in [0.5, 0.6) is 0 Å². The van der Waals surface area contributed by atoms with Crippen LogP contribution in [0.2, 0.25) is 0 Å². The SMILES string of the molecule is CCOC(=O)c1[nH]c(C)c(CCC(=O)N2CCC[C@H](C(=O)NCCCN3CCCC3)C2)c1C. The molecule has 0 bridgehead atoms. The number of nitrogens with zero attached hydrogens (tertiary/aromatic N) is 2. The van der Waals surface area contributed by atoms with Gasteiger partial charge in [0.2, 0.25) is 11.8 Å². The zero-order chi connectivity index (χ0) is 23.8. The molecule has 1 atom stereocenters. The van der Waals surface area contributed by atoms with Crippen molar-refractivity contribution in [2.45, 2.75) is 65.7 Å². The van der Waals surface area contributed by atoms with Crippen LogP contribution in [0, 0.1) is 19.8 Å². The Labute approximate surface area is 197 Å². The van der Waals surface area contributed by atoms with Gasteiger partial charge in [-0.1, -0.05) is 0 Å². The summed E-state index contributed by atoms with van der Waals surface area (Å²) in [5.41, 5.74) is 3.21. The third kappa shape index (κ3) is 6.82. The summed E-state index contributed by atoms with van der Waals surface area (Å²) in [6.45, 7) is 11.2. The third-order valence-electron chi connectivity index (χ3n) is 6.96. The molecule has 8 heteroatoms. The average Bonchev–Trinajstić information content (AvgIpc) is 3.43. The maximum atomic E-state index is 12.9. The average molecular weight is 461 g/mol. The van der Waals surface area contributed by atoms with Crippen LogP contribution in [0.3, 0.4) is 0 Å². The quantitative estimate of drug-likeness (QED) is 0.413. The van der Waals surface area contributed by atoms with Gasteiger partial charge in [0.1, 0.15) is 5.69 Å². The number of nitrogens with one attached hydrogen (secondary N) is 2. The van der Waals surface area contributed by atoms with Crippen molar-refractivity contribution in [2.75, 3.05) is 45.9 Å². The van der Waals surface area contributed by atoms with E-state index in [1.807, 2.05) is 18.7 Å². The molecule has 1 aromatic rings. The van der Waals surface area contributed by atoms with Gasteiger partial charge in [0.05, 0.1) is 12.5 Å². The number of rotatable bonds is 10. The van der Waals surface area contributed by atoms with Gasteiger partial charge in [-0.2, -0.15) is 0 Å². The largest absolute Gasteiger partial charge is 0.461 e. The third-order valence-corrected chi connectivity index (χ3v) is 6.96. The number of aryl methyl sites for hydroxylation is 1. The summed E-state index contributed by atoms with van der Waals surface area (Å²) in [5.74, 6) is -0.342. The van der Waals surface area contributed by atoms with Crippen LogP contribution in [0.4, 0.5) is 0 Å². The van der Waals surface area contributed by atoms with Crippen molar-refractivity contribution in [1.82, 2.24) is 20.1 Å². The van der Waals surface area contributed by atoms with E-state index in [-0.39, 0.29) is 23.7 Å². The lowest BCUT2D eigenvalue weighted by Crippen LogP contribution is -2.45. The number of hydrogen-bond acceptors (Lipinski definition) is 5. The number of piperidine rings is 1. The van der Waals surface area contributed by atoms with Gasteiger partial charge in [0.15, 0.2) is 0 Å². The molecule has 0 unspecified atom stereocenters. The molecule has 8 nitrogen and oxygen atoms in total. The summed E-state index contributed by atoms with van der Waals surface area (Å²) in [4.78, 5) is 45.0. The lowest BCUT2D eigenvalue weighted by atomic mass is 9.96. The van der Waals surface area contributed by atoms with Crippen molar-refractivity contribution in [3.63, 3.8) is 0 Å². The molecule has 2 N–H and O–H groups in total. The number of aromatic amines is 1. The molecule has 3 heterocycles. The van der Waals surface area contributed by atoms with Crippen molar-refractivity contribution < 1.29 is 19.1 Å². The van der Waals surface area contributed by atoms with E-state index in [2.05, 4.69) is 15.2 Å². The highest BCUT2D eigenvalue weighted by molar-refractivity contribution is 5.90. The van der Waals surface area contributed by atoms with E-state index in [0.717, 1.165) is 42.6 Å². The molecule has 0 aliphatic carbocycles. The number of likely N-dealkylation sites (tertiary alicyclic amines) is 2. The second-order valence-electron chi connectivity index (χ2n) is 9.32. The molecule has 0 saturated carbocycles. The molecule has 0 spiro atoms. The summed E-state index contributed by atoms with van der Waals surface area (Å²) in [5, 5.41) is 3.08. The van der Waals surface area contributed by atoms with E-state index in [1.165, 1.54) is 25.9 Å². The molecule has 0 aromatic carbocycles. The van der Waals surface area contributed by atoms with E-state index < -0.39 is 0 Å². The van der Waals surface area contributed by atoms with Crippen LogP contribution in [0.25, 0.3) is 0 Å². The first-order valence-corrected chi connectivity index (χ1v) is 12.5. The highest BCUT2D eigenvalue weighted by atomic mass is 16.5. The zero-order valence-corrected chi connectivity index (χ0v) is 20.5. The number of aromatic nitrogens is 1. The van der Waals surface area contributed by atoms with Gasteiger partial charge < -0.3 is 24.8 Å². The molecule has 2 fully saturated rings. The Morgan fingerprint density at radius 2 is 1.88 bits per heavy atom. The molecule has 1 aromatic heterocycles. The second-order valence-corrected chi connectivity index (χ2v) is 9.32. The monoisotopic (exact) mass is 460 g/mol. The van der Waals surface area contributed by atoms with Crippen molar-refractivity contribution in [3.8, 4) is 0 Å². The first-order chi connectivity index (χ1) is 15.9. The maximum absolute atomic E-state index is 12.9. The molecule has 33 heavy (non-hydrogen) atoms. The Hall–Kier alpha value is -2.35. The summed E-state index contributed by atoms with van der Waals surface area (Å²) < 4.78 is 5.11. The summed E-state index contributed by atoms with van der Waals surface area (Å²) in [6, 6.07) is 0. The van der Waals surface area contributed by atoms with E-state index in [9.17, 15) is 14.4 Å². The molecule has 2 saturated heterocycles. The fourth-order valence-electron chi connectivity index (χ4n) is 5.04.